The summed E-state index contributed by atoms with van der Waals surface area (Å²) >= 11 is 0. The van der Waals surface area contributed by atoms with E-state index in [1.165, 1.54) is 48.0 Å². The van der Waals surface area contributed by atoms with Gasteiger partial charge in [-0.05, 0) is 56.1 Å². The van der Waals surface area contributed by atoms with Gasteiger partial charge in [0.2, 0.25) is 0 Å². The number of nitrogens with zero attached hydrogens (tertiary/aromatic N) is 4. The van der Waals surface area contributed by atoms with Crippen LogP contribution < -0.4 is 10.3 Å². The van der Waals surface area contributed by atoms with Crippen LogP contribution in [0.3, 0.4) is 0 Å². The minimum atomic E-state index is -0.102. The standard InChI is InChI=1S/C28H30N4O2.2ClH/c1-19-6-7-20(16-29-19)18-34-23-10-12-32(28(33)15-23)22-8-9-24-25-17-31-11-4-3-5-21(31)13-27(25)30(2)26(24)14-22;;/h6-10,12,14-16,21H,3-5,11,13,17-18H2,1-2H3;2*1H. The van der Waals surface area contributed by atoms with Gasteiger partial charge in [0.05, 0.1) is 11.2 Å². The van der Waals surface area contributed by atoms with E-state index in [-0.39, 0.29) is 30.4 Å². The molecule has 1 aromatic carbocycles. The first-order valence-electron chi connectivity index (χ1n) is 12.2. The second-order valence-electron chi connectivity index (χ2n) is 9.68. The van der Waals surface area contributed by atoms with Crippen LogP contribution in [0.4, 0.5) is 0 Å². The number of piperidine rings is 1. The summed E-state index contributed by atoms with van der Waals surface area (Å²) < 4.78 is 9.87. The van der Waals surface area contributed by atoms with Crippen LogP contribution in [0.25, 0.3) is 16.6 Å². The van der Waals surface area contributed by atoms with Gasteiger partial charge < -0.3 is 9.30 Å². The highest BCUT2D eigenvalue weighted by Crippen LogP contribution is 2.36. The third-order valence-corrected chi connectivity index (χ3v) is 7.51. The lowest BCUT2D eigenvalue weighted by Gasteiger charge is -2.39. The van der Waals surface area contributed by atoms with Crippen LogP contribution in [0.5, 0.6) is 5.75 Å². The van der Waals surface area contributed by atoms with Gasteiger partial charge in [0.25, 0.3) is 5.56 Å². The first-order valence-corrected chi connectivity index (χ1v) is 12.2. The van der Waals surface area contributed by atoms with Gasteiger partial charge in [-0.15, -0.1) is 24.8 Å². The molecular formula is C28H32Cl2N4O2. The van der Waals surface area contributed by atoms with Crippen molar-refractivity contribution < 1.29 is 4.74 Å². The highest BCUT2D eigenvalue weighted by molar-refractivity contribution is 5.87. The molecule has 1 unspecified atom stereocenters. The van der Waals surface area contributed by atoms with E-state index >= 15 is 0 Å². The first kappa shape index (κ1) is 26.3. The van der Waals surface area contributed by atoms with Gasteiger partial charge in [0.15, 0.2) is 0 Å². The summed E-state index contributed by atoms with van der Waals surface area (Å²) in [5.41, 5.74) is 6.84. The molecule has 1 saturated heterocycles. The Labute approximate surface area is 223 Å². The number of rotatable bonds is 4. The van der Waals surface area contributed by atoms with Crippen molar-refractivity contribution in [3.05, 3.63) is 87.7 Å². The molecular weight excluding hydrogens is 495 g/mol. The van der Waals surface area contributed by atoms with Gasteiger partial charge in [0.1, 0.15) is 12.4 Å². The molecule has 1 atom stereocenters. The topological polar surface area (TPSA) is 52.3 Å². The van der Waals surface area contributed by atoms with Gasteiger partial charge in [-0.2, -0.15) is 0 Å². The van der Waals surface area contributed by atoms with E-state index in [1.54, 1.807) is 23.0 Å². The number of aryl methyl sites for hydroxylation is 2. The SMILES string of the molecule is Cc1ccc(COc2ccn(-c3ccc4c5c(n(C)c4c3)CC3CCCCN3C5)c(=O)c2)cn1.Cl.Cl. The summed E-state index contributed by atoms with van der Waals surface area (Å²) in [4.78, 5) is 19.9. The Balaban J connectivity index is 0.00000152. The molecule has 0 aliphatic carbocycles. The summed E-state index contributed by atoms with van der Waals surface area (Å²) in [7, 11) is 2.17. The van der Waals surface area contributed by atoms with Crippen LogP contribution in [0.15, 0.2) is 59.7 Å². The number of aromatic nitrogens is 3. The number of halogens is 2. The number of pyridine rings is 2. The van der Waals surface area contributed by atoms with Crippen molar-refractivity contribution in [1.82, 2.24) is 19.0 Å². The molecule has 4 aromatic rings. The summed E-state index contributed by atoms with van der Waals surface area (Å²) in [5, 5.41) is 1.31. The van der Waals surface area contributed by atoms with Crippen LogP contribution in [0.1, 0.15) is 41.8 Å². The Bertz CT molecular complexity index is 1430. The van der Waals surface area contributed by atoms with E-state index in [0.29, 0.717) is 18.4 Å². The predicted octanol–water partition coefficient (Wildman–Crippen LogP) is 5.37. The van der Waals surface area contributed by atoms with Crippen molar-refractivity contribution in [2.75, 3.05) is 6.54 Å². The van der Waals surface area contributed by atoms with E-state index in [0.717, 1.165) is 29.9 Å². The molecule has 0 amide bonds. The molecule has 1 fully saturated rings. The largest absolute Gasteiger partial charge is 0.489 e. The normalized spacial score (nSPS) is 17.0. The third-order valence-electron chi connectivity index (χ3n) is 7.51. The average molecular weight is 527 g/mol. The Morgan fingerprint density at radius 3 is 2.72 bits per heavy atom. The molecule has 36 heavy (non-hydrogen) atoms. The Kier molecular flexibility index (Phi) is 7.79. The van der Waals surface area contributed by atoms with Crippen molar-refractivity contribution in [2.24, 2.45) is 7.05 Å². The van der Waals surface area contributed by atoms with Gasteiger partial charge in [-0.25, -0.2) is 0 Å². The van der Waals surface area contributed by atoms with E-state index in [2.05, 4.69) is 39.7 Å². The zero-order valence-corrected chi connectivity index (χ0v) is 22.3. The number of hydrogen-bond acceptors (Lipinski definition) is 4. The molecule has 5 heterocycles. The average Bonchev–Trinajstić information content (AvgIpc) is 3.13. The van der Waals surface area contributed by atoms with Crippen molar-refractivity contribution >= 4 is 35.7 Å². The van der Waals surface area contributed by atoms with Crippen LogP contribution >= 0.6 is 24.8 Å². The maximum atomic E-state index is 12.9. The molecule has 0 spiro atoms. The molecule has 6 rings (SSSR count). The molecule has 190 valence electrons. The van der Waals surface area contributed by atoms with Crippen molar-refractivity contribution in [3.63, 3.8) is 0 Å². The minimum absolute atomic E-state index is 0. The molecule has 0 saturated carbocycles. The zero-order valence-electron chi connectivity index (χ0n) is 20.6. The monoisotopic (exact) mass is 526 g/mol. The lowest BCUT2D eigenvalue weighted by atomic mass is 9.91. The fourth-order valence-corrected chi connectivity index (χ4v) is 5.58. The van der Waals surface area contributed by atoms with E-state index in [9.17, 15) is 4.79 Å². The summed E-state index contributed by atoms with van der Waals surface area (Å²) in [6.45, 7) is 4.59. The summed E-state index contributed by atoms with van der Waals surface area (Å²) in [5.74, 6) is 0.564. The number of fused-ring (bicyclic) bond motifs is 4. The minimum Gasteiger partial charge on any atom is -0.489 e. The number of benzene rings is 1. The summed E-state index contributed by atoms with van der Waals surface area (Å²) in [6.07, 6.45) is 8.68. The number of ether oxygens (including phenoxy) is 1. The molecule has 0 radical (unpaired) electrons. The van der Waals surface area contributed by atoms with E-state index < -0.39 is 0 Å². The highest BCUT2D eigenvalue weighted by atomic mass is 35.5. The molecule has 6 nitrogen and oxygen atoms in total. The maximum absolute atomic E-state index is 12.9. The lowest BCUT2D eigenvalue weighted by molar-refractivity contribution is 0.126. The van der Waals surface area contributed by atoms with E-state index in [4.69, 9.17) is 4.74 Å². The van der Waals surface area contributed by atoms with Crippen molar-refractivity contribution in [1.29, 1.82) is 0 Å². The van der Waals surface area contributed by atoms with Gasteiger partial charge in [0, 0.05) is 66.9 Å². The fourth-order valence-electron chi connectivity index (χ4n) is 5.58. The van der Waals surface area contributed by atoms with Gasteiger partial charge in [-0.3, -0.25) is 19.2 Å². The van der Waals surface area contributed by atoms with Crippen LogP contribution in [-0.2, 0) is 26.6 Å². The quantitative estimate of drug-likeness (QED) is 0.358. The first-order chi connectivity index (χ1) is 16.6. The lowest BCUT2D eigenvalue weighted by Crippen LogP contribution is -2.43. The Morgan fingerprint density at radius 1 is 1.08 bits per heavy atom. The Morgan fingerprint density at radius 2 is 1.94 bits per heavy atom. The van der Waals surface area contributed by atoms with Gasteiger partial charge in [-0.1, -0.05) is 18.6 Å². The molecule has 2 aliphatic heterocycles. The van der Waals surface area contributed by atoms with Crippen molar-refractivity contribution in [2.45, 2.75) is 51.8 Å². The predicted molar refractivity (Wildman–Crippen MR) is 148 cm³/mol. The highest BCUT2D eigenvalue weighted by Gasteiger charge is 2.31. The third kappa shape index (κ3) is 4.77. The number of hydrogen-bond donors (Lipinski definition) is 0. The molecule has 0 bridgehead atoms. The Hall–Kier alpha value is -2.80. The van der Waals surface area contributed by atoms with Crippen molar-refractivity contribution in [3.8, 4) is 11.4 Å². The van der Waals surface area contributed by atoms with Crippen LogP contribution in [0, 0.1) is 6.92 Å². The molecule has 8 heteroatoms. The maximum Gasteiger partial charge on any atom is 0.258 e. The molecule has 0 N–H and O–H groups in total. The zero-order chi connectivity index (χ0) is 23.2. The smallest absolute Gasteiger partial charge is 0.258 e. The molecule has 2 aliphatic rings. The van der Waals surface area contributed by atoms with Crippen LogP contribution in [0.2, 0.25) is 0 Å². The summed E-state index contributed by atoms with van der Waals surface area (Å²) in [6, 6.07) is 14.4. The second kappa shape index (κ2) is 10.7. The fraction of sp³-hybridized carbons (Fsp3) is 0.357. The second-order valence-corrected chi connectivity index (χ2v) is 9.68. The van der Waals surface area contributed by atoms with Crippen LogP contribution in [-0.4, -0.2) is 31.6 Å². The van der Waals surface area contributed by atoms with E-state index in [1.807, 2.05) is 25.1 Å². The molecule has 3 aromatic heterocycles. The van der Waals surface area contributed by atoms with Gasteiger partial charge >= 0.3 is 0 Å².